The number of benzene rings is 2. The van der Waals surface area contributed by atoms with Crippen LogP contribution in [0.5, 0.6) is 0 Å². The van der Waals surface area contributed by atoms with Crippen LogP contribution in [0.4, 0.5) is 11.4 Å². The van der Waals surface area contributed by atoms with Gasteiger partial charge in [-0.15, -0.1) is 0 Å². The molecule has 0 aromatic heterocycles. The first-order chi connectivity index (χ1) is 17.1. The van der Waals surface area contributed by atoms with Crippen molar-refractivity contribution < 1.29 is 18.1 Å². The van der Waals surface area contributed by atoms with Gasteiger partial charge in [-0.3, -0.25) is 19.2 Å². The lowest BCUT2D eigenvalue weighted by molar-refractivity contribution is -0.385. The van der Waals surface area contributed by atoms with E-state index in [1.807, 2.05) is 12.1 Å². The number of anilines is 1. The van der Waals surface area contributed by atoms with Crippen LogP contribution < -0.4 is 9.73 Å². The second kappa shape index (κ2) is 9.31. The van der Waals surface area contributed by atoms with Crippen molar-refractivity contribution in [3.05, 3.63) is 69.8 Å². The van der Waals surface area contributed by atoms with E-state index >= 15 is 0 Å². The summed E-state index contributed by atoms with van der Waals surface area (Å²) in [5.41, 5.74) is 4.25. The molecule has 4 aliphatic carbocycles. The van der Waals surface area contributed by atoms with E-state index in [4.69, 9.17) is 0 Å². The Kier molecular flexibility index (Phi) is 6.32. The Morgan fingerprint density at radius 2 is 1.67 bits per heavy atom. The maximum absolute atomic E-state index is 12.5. The summed E-state index contributed by atoms with van der Waals surface area (Å²) < 4.78 is 26.1. The molecule has 0 atom stereocenters. The normalized spacial score (nSPS) is 26.8. The fourth-order valence-electron chi connectivity index (χ4n) is 6.95. The van der Waals surface area contributed by atoms with E-state index in [-0.39, 0.29) is 16.7 Å². The zero-order chi connectivity index (χ0) is 25.5. The van der Waals surface area contributed by atoms with Gasteiger partial charge in [0.1, 0.15) is 6.54 Å². The molecule has 1 amide bonds. The number of rotatable bonds is 8. The molecule has 9 nitrogen and oxygen atoms in total. The Hall–Kier alpha value is -3.27. The monoisotopic (exact) mass is 510 g/mol. The molecule has 4 fully saturated rings. The number of nitro benzene ring substituents is 1. The number of para-hydroxylation sites is 1. The van der Waals surface area contributed by atoms with E-state index < -0.39 is 27.4 Å². The maximum atomic E-state index is 12.5. The van der Waals surface area contributed by atoms with E-state index in [0.29, 0.717) is 5.69 Å². The van der Waals surface area contributed by atoms with E-state index in [9.17, 15) is 23.3 Å². The fourth-order valence-corrected chi connectivity index (χ4v) is 7.80. The highest BCUT2D eigenvalue weighted by atomic mass is 32.2. The average molecular weight is 511 g/mol. The summed E-state index contributed by atoms with van der Waals surface area (Å²) >= 11 is 0. The van der Waals surface area contributed by atoms with Gasteiger partial charge in [-0.2, -0.15) is 5.10 Å². The first kappa shape index (κ1) is 24.4. The van der Waals surface area contributed by atoms with Gasteiger partial charge in [-0.05, 0) is 85.5 Å². The number of hydrogen-bond donors (Lipinski definition) is 1. The number of hydrazone groups is 1. The molecule has 2 aromatic rings. The Balaban J connectivity index is 1.29. The van der Waals surface area contributed by atoms with Gasteiger partial charge >= 0.3 is 0 Å². The number of hydrogen-bond acceptors (Lipinski definition) is 6. The van der Waals surface area contributed by atoms with E-state index in [0.717, 1.165) is 28.3 Å². The van der Waals surface area contributed by atoms with Crippen molar-refractivity contribution in [3.63, 3.8) is 0 Å². The number of nitro groups is 1. The number of nitrogens with zero attached hydrogens (tertiary/aromatic N) is 3. The minimum atomic E-state index is -3.73. The summed E-state index contributed by atoms with van der Waals surface area (Å²) in [6, 6.07) is 13.6. The van der Waals surface area contributed by atoms with E-state index in [1.165, 1.54) is 68.5 Å². The van der Waals surface area contributed by atoms with Crippen molar-refractivity contribution in [1.82, 2.24) is 5.43 Å². The van der Waals surface area contributed by atoms with Crippen LogP contribution in [0.15, 0.2) is 53.6 Å². The molecule has 36 heavy (non-hydrogen) atoms. The van der Waals surface area contributed by atoms with Crippen LogP contribution in [0.3, 0.4) is 0 Å². The molecule has 0 heterocycles. The highest BCUT2D eigenvalue weighted by Gasteiger charge is 2.51. The third-order valence-electron chi connectivity index (χ3n) is 8.02. The van der Waals surface area contributed by atoms with Crippen molar-refractivity contribution in [2.24, 2.45) is 22.9 Å². The molecule has 2 aromatic carbocycles. The predicted molar refractivity (Wildman–Crippen MR) is 137 cm³/mol. The second-order valence-corrected chi connectivity index (χ2v) is 12.5. The fraction of sp³-hybridized carbons (Fsp3) is 0.462. The number of carbonyl (C=O) groups is 1. The van der Waals surface area contributed by atoms with Crippen molar-refractivity contribution in [3.8, 4) is 0 Å². The molecule has 4 aliphatic rings. The van der Waals surface area contributed by atoms with Gasteiger partial charge in [0.2, 0.25) is 10.0 Å². The van der Waals surface area contributed by atoms with Crippen molar-refractivity contribution in [1.29, 1.82) is 0 Å². The van der Waals surface area contributed by atoms with Crippen LogP contribution in [0, 0.1) is 27.9 Å². The Labute approximate surface area is 210 Å². The van der Waals surface area contributed by atoms with Gasteiger partial charge in [0.05, 0.1) is 28.6 Å². The van der Waals surface area contributed by atoms with Crippen LogP contribution >= 0.6 is 0 Å². The summed E-state index contributed by atoms with van der Waals surface area (Å²) in [6.45, 7) is -0.455. The number of carbonyl (C=O) groups excluding carboxylic acids is 1. The minimum absolute atomic E-state index is 0.146. The van der Waals surface area contributed by atoms with Gasteiger partial charge in [-0.1, -0.05) is 24.3 Å². The summed E-state index contributed by atoms with van der Waals surface area (Å²) in [4.78, 5) is 23.1. The van der Waals surface area contributed by atoms with E-state index in [2.05, 4.69) is 10.5 Å². The highest BCUT2D eigenvalue weighted by molar-refractivity contribution is 7.92. The van der Waals surface area contributed by atoms with Crippen molar-refractivity contribution in [2.75, 3.05) is 17.1 Å². The van der Waals surface area contributed by atoms with Crippen molar-refractivity contribution in [2.45, 2.75) is 43.9 Å². The third-order valence-corrected chi connectivity index (χ3v) is 9.16. The van der Waals surface area contributed by atoms with Gasteiger partial charge in [0.15, 0.2) is 0 Å². The molecule has 4 bridgehead atoms. The van der Waals surface area contributed by atoms with Crippen molar-refractivity contribution >= 4 is 33.5 Å². The lowest BCUT2D eigenvalue weighted by Crippen LogP contribution is -2.48. The standard InChI is InChI=1S/C26H30N4O5S/c1-36(34,35)29(17-25(31)28-27-16-21-4-2-3-5-24(21)30(32)33)23-8-6-22(7-9-23)26-13-18-10-19(14-26)12-20(11-18)15-26/h2-9,16,18-20H,10-15,17H2,1H3,(H,28,31)/b27-16-. The molecular weight excluding hydrogens is 480 g/mol. The molecule has 0 unspecified atom stereocenters. The quantitative estimate of drug-likeness (QED) is 0.327. The SMILES string of the molecule is CS(=O)(=O)N(CC(=O)N/N=C\c1ccccc1[N+](=O)[O-])c1ccc(C23CC4CC(CC(C4)C2)C3)cc1. The Morgan fingerprint density at radius 1 is 1.08 bits per heavy atom. The summed E-state index contributed by atoms with van der Waals surface area (Å²) in [6.07, 6.45) is 9.94. The van der Waals surface area contributed by atoms with Crippen LogP contribution in [-0.2, 0) is 20.2 Å². The second-order valence-electron chi connectivity index (χ2n) is 10.6. The molecule has 190 valence electrons. The smallest absolute Gasteiger partial charge is 0.271 e. The van der Waals surface area contributed by atoms with Gasteiger partial charge in [-0.25, -0.2) is 13.8 Å². The van der Waals surface area contributed by atoms with E-state index in [1.54, 1.807) is 18.2 Å². The van der Waals surface area contributed by atoms with Crippen LogP contribution in [0.1, 0.15) is 49.7 Å². The van der Waals surface area contributed by atoms with Gasteiger partial charge < -0.3 is 0 Å². The molecule has 4 saturated carbocycles. The lowest BCUT2D eigenvalue weighted by Gasteiger charge is -2.57. The average Bonchev–Trinajstić information content (AvgIpc) is 2.81. The first-order valence-corrected chi connectivity index (χ1v) is 14.1. The molecule has 0 aliphatic heterocycles. The maximum Gasteiger partial charge on any atom is 0.278 e. The molecule has 0 spiro atoms. The number of amides is 1. The summed E-state index contributed by atoms with van der Waals surface area (Å²) in [7, 11) is -3.73. The first-order valence-electron chi connectivity index (χ1n) is 12.3. The van der Waals surface area contributed by atoms with Crippen LogP contribution in [-0.4, -0.2) is 38.3 Å². The number of sulfonamides is 1. The zero-order valence-electron chi connectivity index (χ0n) is 20.2. The molecule has 10 heteroatoms. The molecule has 0 saturated heterocycles. The van der Waals surface area contributed by atoms with Crippen LogP contribution in [0.25, 0.3) is 0 Å². The lowest BCUT2D eigenvalue weighted by atomic mass is 9.48. The molecule has 1 N–H and O–H groups in total. The predicted octanol–water partition coefficient (Wildman–Crippen LogP) is 3.98. The van der Waals surface area contributed by atoms with Gasteiger partial charge in [0.25, 0.3) is 11.6 Å². The Morgan fingerprint density at radius 3 is 2.22 bits per heavy atom. The third kappa shape index (κ3) is 4.86. The largest absolute Gasteiger partial charge is 0.278 e. The summed E-state index contributed by atoms with van der Waals surface area (Å²) in [5.74, 6) is 1.78. The highest BCUT2D eigenvalue weighted by Crippen LogP contribution is 2.60. The topological polar surface area (TPSA) is 122 Å². The zero-order valence-corrected chi connectivity index (χ0v) is 21.0. The molecular formula is C26H30N4O5S. The molecule has 0 radical (unpaired) electrons. The summed E-state index contributed by atoms with van der Waals surface area (Å²) in [5, 5.41) is 14.9. The Bertz CT molecular complexity index is 1270. The van der Waals surface area contributed by atoms with Crippen LogP contribution in [0.2, 0.25) is 0 Å². The molecule has 6 rings (SSSR count). The minimum Gasteiger partial charge on any atom is -0.271 e. The van der Waals surface area contributed by atoms with Gasteiger partial charge in [0, 0.05) is 6.07 Å². The number of nitrogens with one attached hydrogen (secondary N) is 1.